The van der Waals surface area contributed by atoms with Crippen LogP contribution in [0.2, 0.25) is 0 Å². The van der Waals surface area contributed by atoms with Crippen LogP contribution >= 0.6 is 0 Å². The summed E-state index contributed by atoms with van der Waals surface area (Å²) in [5.41, 5.74) is 0.913. The van der Waals surface area contributed by atoms with E-state index in [4.69, 9.17) is 4.52 Å². The monoisotopic (exact) mass is 288 g/mol. The average Bonchev–Trinajstić information content (AvgIpc) is 2.95. The van der Waals surface area contributed by atoms with E-state index >= 15 is 0 Å². The topological polar surface area (TPSA) is 55.1 Å². The van der Waals surface area contributed by atoms with Gasteiger partial charge in [-0.3, -0.25) is 0 Å². The van der Waals surface area contributed by atoms with Gasteiger partial charge in [-0.2, -0.15) is 4.98 Å². The summed E-state index contributed by atoms with van der Waals surface area (Å²) in [4.78, 5) is 11.0. The number of aromatic nitrogens is 3. The molecule has 0 saturated carbocycles. The van der Waals surface area contributed by atoms with Crippen molar-refractivity contribution in [3.63, 3.8) is 0 Å². The van der Waals surface area contributed by atoms with E-state index in [0.717, 1.165) is 30.2 Å². The van der Waals surface area contributed by atoms with Crippen molar-refractivity contribution < 1.29 is 4.52 Å². The minimum absolute atomic E-state index is 0.262. The largest absolute Gasteiger partial charge is 0.360 e. The number of hydrogen-bond acceptors (Lipinski definition) is 5. The number of pyridine rings is 1. The quantitative estimate of drug-likeness (QED) is 0.810. The highest BCUT2D eigenvalue weighted by atomic mass is 16.5. The molecule has 0 aliphatic heterocycles. The zero-order chi connectivity index (χ0) is 15.4. The lowest BCUT2D eigenvalue weighted by atomic mass is 10.1. The summed E-state index contributed by atoms with van der Waals surface area (Å²) in [5.74, 6) is 3.16. The first-order chi connectivity index (χ1) is 9.97. The maximum Gasteiger partial charge on any atom is 0.258 e. The molecular weight excluding hydrogens is 264 g/mol. The fourth-order valence-corrected chi connectivity index (χ4v) is 1.91. The van der Waals surface area contributed by atoms with Gasteiger partial charge in [0.2, 0.25) is 0 Å². The van der Waals surface area contributed by atoms with Crippen molar-refractivity contribution in [2.75, 3.05) is 18.5 Å². The SMILES string of the molecule is CC(C)CCN(C)c1cc(-c2nc(C(C)C)no2)ccn1. The van der Waals surface area contributed by atoms with Crippen LogP contribution in [0.1, 0.15) is 45.9 Å². The van der Waals surface area contributed by atoms with Crippen molar-refractivity contribution in [3.8, 4) is 11.5 Å². The predicted octanol–water partition coefficient (Wildman–Crippen LogP) is 3.74. The average molecular weight is 288 g/mol. The molecule has 114 valence electrons. The van der Waals surface area contributed by atoms with Crippen LogP contribution in [0.15, 0.2) is 22.9 Å². The van der Waals surface area contributed by atoms with E-state index in [1.54, 1.807) is 6.20 Å². The Labute approximate surface area is 126 Å². The molecule has 5 heteroatoms. The maximum atomic E-state index is 5.34. The van der Waals surface area contributed by atoms with Crippen molar-refractivity contribution in [1.29, 1.82) is 0 Å². The van der Waals surface area contributed by atoms with E-state index in [9.17, 15) is 0 Å². The summed E-state index contributed by atoms with van der Waals surface area (Å²) in [6.07, 6.45) is 2.93. The molecule has 0 aromatic carbocycles. The molecule has 2 heterocycles. The molecule has 2 aromatic rings. The van der Waals surface area contributed by atoms with Gasteiger partial charge in [-0.05, 0) is 24.5 Å². The highest BCUT2D eigenvalue weighted by Crippen LogP contribution is 2.23. The molecule has 2 rings (SSSR count). The Kier molecular flexibility index (Phi) is 4.94. The first-order valence-electron chi connectivity index (χ1n) is 7.48. The van der Waals surface area contributed by atoms with Crippen molar-refractivity contribution >= 4 is 5.82 Å². The smallest absolute Gasteiger partial charge is 0.258 e. The molecule has 0 saturated heterocycles. The third-order valence-electron chi connectivity index (χ3n) is 3.38. The van der Waals surface area contributed by atoms with Gasteiger partial charge in [-0.1, -0.05) is 32.9 Å². The second-order valence-electron chi connectivity index (χ2n) is 6.12. The zero-order valence-electron chi connectivity index (χ0n) is 13.5. The third-order valence-corrected chi connectivity index (χ3v) is 3.38. The lowest BCUT2D eigenvalue weighted by Crippen LogP contribution is -2.20. The minimum Gasteiger partial charge on any atom is -0.360 e. The second-order valence-corrected chi connectivity index (χ2v) is 6.12. The molecule has 0 aliphatic carbocycles. The zero-order valence-corrected chi connectivity index (χ0v) is 13.5. The van der Waals surface area contributed by atoms with Crippen LogP contribution in [0.3, 0.4) is 0 Å². The van der Waals surface area contributed by atoms with Gasteiger partial charge < -0.3 is 9.42 Å². The van der Waals surface area contributed by atoms with Gasteiger partial charge in [0.05, 0.1) is 0 Å². The van der Waals surface area contributed by atoms with E-state index in [1.807, 2.05) is 26.0 Å². The molecule has 0 atom stereocenters. The third kappa shape index (κ3) is 4.03. The Morgan fingerprint density at radius 1 is 1.24 bits per heavy atom. The molecule has 21 heavy (non-hydrogen) atoms. The van der Waals surface area contributed by atoms with Crippen molar-refractivity contribution in [1.82, 2.24) is 15.1 Å². The van der Waals surface area contributed by atoms with Crippen LogP contribution in [0.4, 0.5) is 5.82 Å². The molecule has 2 aromatic heterocycles. The van der Waals surface area contributed by atoms with Crippen LogP contribution in [-0.4, -0.2) is 28.7 Å². The summed E-state index contributed by atoms with van der Waals surface area (Å²) >= 11 is 0. The van der Waals surface area contributed by atoms with Gasteiger partial charge in [0.15, 0.2) is 5.82 Å². The van der Waals surface area contributed by atoms with Crippen LogP contribution in [-0.2, 0) is 0 Å². The standard InChI is InChI=1S/C16H24N4O/c1-11(2)7-9-20(5)14-10-13(6-8-17-14)16-18-15(12(3)4)19-21-16/h6,8,10-12H,7,9H2,1-5H3. The summed E-state index contributed by atoms with van der Waals surface area (Å²) in [6, 6.07) is 3.90. The molecule has 0 N–H and O–H groups in total. The maximum absolute atomic E-state index is 5.34. The van der Waals surface area contributed by atoms with E-state index in [-0.39, 0.29) is 5.92 Å². The molecule has 0 bridgehead atoms. The number of hydrogen-bond donors (Lipinski definition) is 0. The Hall–Kier alpha value is -1.91. The Morgan fingerprint density at radius 3 is 2.62 bits per heavy atom. The van der Waals surface area contributed by atoms with Gasteiger partial charge in [0.1, 0.15) is 5.82 Å². The van der Waals surface area contributed by atoms with Gasteiger partial charge >= 0.3 is 0 Å². The highest BCUT2D eigenvalue weighted by molar-refractivity contribution is 5.58. The van der Waals surface area contributed by atoms with E-state index < -0.39 is 0 Å². The predicted molar refractivity (Wildman–Crippen MR) is 84.3 cm³/mol. The molecule has 0 unspecified atom stereocenters. The Morgan fingerprint density at radius 2 is 2.00 bits per heavy atom. The van der Waals surface area contributed by atoms with E-state index in [2.05, 4.69) is 40.9 Å². The summed E-state index contributed by atoms with van der Waals surface area (Å²) < 4.78 is 5.34. The summed E-state index contributed by atoms with van der Waals surface area (Å²) in [7, 11) is 2.06. The number of rotatable bonds is 6. The fourth-order valence-electron chi connectivity index (χ4n) is 1.91. The van der Waals surface area contributed by atoms with Crippen molar-refractivity contribution in [2.45, 2.75) is 40.0 Å². The lowest BCUT2D eigenvalue weighted by Gasteiger charge is -2.19. The van der Waals surface area contributed by atoms with Crippen molar-refractivity contribution in [2.24, 2.45) is 5.92 Å². The molecule has 5 nitrogen and oxygen atoms in total. The normalized spacial score (nSPS) is 11.4. The van der Waals surface area contributed by atoms with Gasteiger partial charge in [-0.25, -0.2) is 4.98 Å². The van der Waals surface area contributed by atoms with Crippen LogP contribution in [0.5, 0.6) is 0 Å². The first-order valence-corrected chi connectivity index (χ1v) is 7.48. The minimum atomic E-state index is 0.262. The van der Waals surface area contributed by atoms with E-state index in [1.165, 1.54) is 0 Å². The van der Waals surface area contributed by atoms with Gasteiger partial charge in [-0.15, -0.1) is 0 Å². The fraction of sp³-hybridized carbons (Fsp3) is 0.562. The molecule has 0 fully saturated rings. The van der Waals surface area contributed by atoms with Gasteiger partial charge in [0, 0.05) is 31.3 Å². The molecule has 0 radical (unpaired) electrons. The Bertz CT molecular complexity index is 577. The summed E-state index contributed by atoms with van der Waals surface area (Å²) in [6.45, 7) is 9.53. The lowest BCUT2D eigenvalue weighted by molar-refractivity contribution is 0.419. The Balaban J connectivity index is 2.16. The first kappa shape index (κ1) is 15.5. The summed E-state index contributed by atoms with van der Waals surface area (Å²) in [5, 5.41) is 4.01. The van der Waals surface area contributed by atoms with Crippen molar-refractivity contribution in [3.05, 3.63) is 24.2 Å². The number of anilines is 1. The van der Waals surface area contributed by atoms with E-state index in [0.29, 0.717) is 11.8 Å². The molecule has 0 aliphatic rings. The molecular formula is C16H24N4O. The molecule has 0 spiro atoms. The van der Waals surface area contributed by atoms with Crippen LogP contribution in [0.25, 0.3) is 11.5 Å². The number of nitrogens with zero attached hydrogens (tertiary/aromatic N) is 4. The van der Waals surface area contributed by atoms with Gasteiger partial charge in [0.25, 0.3) is 5.89 Å². The van der Waals surface area contributed by atoms with Crippen LogP contribution in [0, 0.1) is 5.92 Å². The highest BCUT2D eigenvalue weighted by Gasteiger charge is 2.13. The van der Waals surface area contributed by atoms with Crippen LogP contribution < -0.4 is 4.90 Å². The second kappa shape index (κ2) is 6.70. The molecule has 0 amide bonds.